The molecule has 4 aliphatic rings. The summed E-state index contributed by atoms with van der Waals surface area (Å²) in [6.07, 6.45) is -4.41. The average molecular weight is 467 g/mol. The molecule has 3 aliphatic carbocycles. The maximum absolute atomic E-state index is 14.6. The van der Waals surface area contributed by atoms with Gasteiger partial charge in [0.05, 0.1) is 0 Å². The summed E-state index contributed by atoms with van der Waals surface area (Å²) in [5.74, 6) is 0.0895. The molecule has 3 fully saturated rings. The van der Waals surface area contributed by atoms with E-state index in [0.29, 0.717) is 25.0 Å². The Labute approximate surface area is 182 Å². The fraction of sp³-hybridized carbons (Fsp3) is 0.783. The molecular weight excluding hydrogens is 439 g/mol. The molecule has 1 aliphatic heterocycles. The lowest BCUT2D eigenvalue weighted by molar-refractivity contribution is -0.325. The third-order valence-electron chi connectivity index (χ3n) is 8.30. The molecule has 1 unspecified atom stereocenters. The zero-order valence-electron chi connectivity index (χ0n) is 18.0. The van der Waals surface area contributed by atoms with Gasteiger partial charge in [0.2, 0.25) is 5.91 Å². The molecule has 0 N–H and O–H groups in total. The number of hydrogen-bond donors (Lipinski definition) is 0. The van der Waals surface area contributed by atoms with Crippen LogP contribution in [0.2, 0.25) is 0 Å². The van der Waals surface area contributed by atoms with Crippen LogP contribution in [-0.4, -0.2) is 41.4 Å². The maximum atomic E-state index is 14.6. The summed E-state index contributed by atoms with van der Waals surface area (Å²) in [5, 5.41) is 0. The third kappa shape index (κ3) is 3.49. The van der Waals surface area contributed by atoms with Crippen LogP contribution < -0.4 is 0 Å². The van der Waals surface area contributed by atoms with Crippen LogP contribution in [0, 0.1) is 17.3 Å². The van der Waals surface area contributed by atoms with Crippen molar-refractivity contribution in [3.05, 3.63) is 23.3 Å². The molecule has 0 spiro atoms. The predicted molar refractivity (Wildman–Crippen MR) is 104 cm³/mol. The molecular formula is C23H28F7NO. The molecule has 1 saturated heterocycles. The first-order chi connectivity index (χ1) is 14.8. The SMILES string of the molecule is CC12CC=C(C(F)(C(F)(F)F)C(F)(F)F)C=C1CC[C@@H]1[C@H]2CCN1C(=O)C1CCCCC1. The van der Waals surface area contributed by atoms with Gasteiger partial charge in [0, 0.05) is 24.1 Å². The quantitative estimate of drug-likeness (QED) is 0.415. The van der Waals surface area contributed by atoms with Gasteiger partial charge < -0.3 is 4.90 Å². The highest BCUT2D eigenvalue weighted by molar-refractivity contribution is 5.79. The van der Waals surface area contributed by atoms with E-state index in [1.165, 1.54) is 0 Å². The Hall–Kier alpha value is -1.54. The van der Waals surface area contributed by atoms with Gasteiger partial charge in [-0.2, -0.15) is 26.3 Å². The number of carbonyl (C=O) groups is 1. The average Bonchev–Trinajstić information content (AvgIpc) is 3.16. The largest absolute Gasteiger partial charge is 0.435 e. The molecule has 0 aromatic carbocycles. The molecule has 0 radical (unpaired) electrons. The molecule has 0 bridgehead atoms. The Morgan fingerprint density at radius 3 is 2.19 bits per heavy atom. The number of nitrogens with zero attached hydrogens (tertiary/aromatic N) is 1. The molecule has 2 saturated carbocycles. The third-order valence-corrected chi connectivity index (χ3v) is 8.30. The highest BCUT2D eigenvalue weighted by atomic mass is 19.4. The summed E-state index contributed by atoms with van der Waals surface area (Å²) in [4.78, 5) is 15.0. The van der Waals surface area contributed by atoms with Crippen LogP contribution in [0.4, 0.5) is 30.7 Å². The normalized spacial score (nSPS) is 32.2. The monoisotopic (exact) mass is 467 g/mol. The number of alkyl halides is 7. The molecule has 1 amide bonds. The van der Waals surface area contributed by atoms with Gasteiger partial charge in [-0.1, -0.05) is 43.9 Å². The lowest BCUT2D eigenvalue weighted by atomic mass is 9.58. The van der Waals surface area contributed by atoms with Crippen molar-refractivity contribution in [3.63, 3.8) is 0 Å². The second-order valence-corrected chi connectivity index (χ2v) is 9.97. The first kappa shape index (κ1) is 23.6. The van der Waals surface area contributed by atoms with Crippen molar-refractivity contribution in [2.24, 2.45) is 17.3 Å². The van der Waals surface area contributed by atoms with Gasteiger partial charge in [-0.3, -0.25) is 4.79 Å². The second kappa shape index (κ2) is 7.76. The number of halogens is 7. The Morgan fingerprint density at radius 2 is 1.59 bits per heavy atom. The number of amides is 1. The molecule has 2 nitrogen and oxygen atoms in total. The highest BCUT2D eigenvalue weighted by Gasteiger charge is 2.74. The van der Waals surface area contributed by atoms with Gasteiger partial charge in [0.1, 0.15) is 0 Å². The fourth-order valence-corrected chi connectivity index (χ4v) is 6.45. The molecule has 180 valence electrons. The van der Waals surface area contributed by atoms with E-state index in [-0.39, 0.29) is 36.6 Å². The molecule has 3 atom stereocenters. The first-order valence-corrected chi connectivity index (χ1v) is 11.4. The van der Waals surface area contributed by atoms with E-state index in [1.54, 1.807) is 0 Å². The van der Waals surface area contributed by atoms with E-state index in [9.17, 15) is 35.5 Å². The van der Waals surface area contributed by atoms with Crippen LogP contribution in [0.15, 0.2) is 23.3 Å². The zero-order valence-corrected chi connectivity index (χ0v) is 18.0. The van der Waals surface area contributed by atoms with Crippen molar-refractivity contribution in [2.75, 3.05) is 6.54 Å². The van der Waals surface area contributed by atoms with Crippen molar-refractivity contribution in [3.8, 4) is 0 Å². The van der Waals surface area contributed by atoms with Crippen molar-refractivity contribution in [1.82, 2.24) is 4.90 Å². The Bertz CT molecular complexity index is 807. The molecule has 0 aromatic heterocycles. The van der Waals surface area contributed by atoms with Gasteiger partial charge in [0.15, 0.2) is 0 Å². The van der Waals surface area contributed by atoms with Crippen LogP contribution in [-0.2, 0) is 4.79 Å². The number of likely N-dealkylation sites (tertiary alicyclic amines) is 1. The van der Waals surface area contributed by atoms with Gasteiger partial charge >= 0.3 is 18.0 Å². The Balaban J connectivity index is 1.58. The van der Waals surface area contributed by atoms with Crippen molar-refractivity contribution in [1.29, 1.82) is 0 Å². The van der Waals surface area contributed by atoms with E-state index >= 15 is 0 Å². The minimum atomic E-state index is -6.10. The minimum Gasteiger partial charge on any atom is -0.339 e. The smallest absolute Gasteiger partial charge is 0.339 e. The lowest BCUT2D eigenvalue weighted by Crippen LogP contribution is -2.55. The number of carbonyl (C=O) groups excluding carboxylic acids is 1. The van der Waals surface area contributed by atoms with Crippen LogP contribution in [0.3, 0.4) is 0 Å². The maximum Gasteiger partial charge on any atom is 0.435 e. The number of hydrogen-bond acceptors (Lipinski definition) is 1. The molecule has 4 rings (SSSR count). The number of fused-ring (bicyclic) bond motifs is 3. The standard InChI is InChI=1S/C23H28F7NO/c1-20-11-9-16(21(24,22(25,26)27)23(28,29)30)13-15(20)7-8-18-17(20)10-12-31(18)19(32)14-5-3-2-4-6-14/h9,13-14,17-18H,2-8,10-12H2,1H3/t17-,18-,20?/m1/s1. The highest BCUT2D eigenvalue weighted by Crippen LogP contribution is 2.59. The molecule has 32 heavy (non-hydrogen) atoms. The van der Waals surface area contributed by atoms with Crippen LogP contribution in [0.25, 0.3) is 0 Å². The van der Waals surface area contributed by atoms with Crippen LogP contribution >= 0.6 is 0 Å². The van der Waals surface area contributed by atoms with Gasteiger partial charge in [0.25, 0.3) is 0 Å². The van der Waals surface area contributed by atoms with E-state index in [4.69, 9.17) is 0 Å². The van der Waals surface area contributed by atoms with E-state index in [1.807, 2.05) is 11.8 Å². The van der Waals surface area contributed by atoms with Crippen molar-refractivity contribution in [2.45, 2.75) is 88.8 Å². The Morgan fingerprint density at radius 1 is 0.969 bits per heavy atom. The molecule has 0 aromatic rings. The van der Waals surface area contributed by atoms with Gasteiger partial charge in [-0.15, -0.1) is 0 Å². The van der Waals surface area contributed by atoms with Crippen LogP contribution in [0.5, 0.6) is 0 Å². The van der Waals surface area contributed by atoms with Crippen LogP contribution in [0.1, 0.15) is 64.7 Å². The first-order valence-electron chi connectivity index (χ1n) is 11.4. The fourth-order valence-electron chi connectivity index (χ4n) is 6.45. The summed E-state index contributed by atoms with van der Waals surface area (Å²) in [5.41, 5.74) is -6.99. The number of rotatable bonds is 2. The summed E-state index contributed by atoms with van der Waals surface area (Å²) < 4.78 is 94.0. The molecule has 9 heteroatoms. The summed E-state index contributed by atoms with van der Waals surface area (Å²) in [7, 11) is 0. The topological polar surface area (TPSA) is 20.3 Å². The zero-order chi connectivity index (χ0) is 23.5. The predicted octanol–water partition coefficient (Wildman–Crippen LogP) is 6.67. The van der Waals surface area contributed by atoms with E-state index in [2.05, 4.69) is 0 Å². The molecule has 1 heterocycles. The summed E-state index contributed by atoms with van der Waals surface area (Å²) in [6.45, 7) is 2.39. The minimum absolute atomic E-state index is 0.0100. The number of allylic oxidation sites excluding steroid dienone is 4. The Kier molecular flexibility index (Phi) is 5.72. The van der Waals surface area contributed by atoms with E-state index in [0.717, 1.165) is 44.3 Å². The van der Waals surface area contributed by atoms with E-state index < -0.39 is 29.0 Å². The lowest BCUT2D eigenvalue weighted by Gasteiger charge is -2.49. The summed E-state index contributed by atoms with van der Waals surface area (Å²) in [6, 6.07) is -0.0677. The van der Waals surface area contributed by atoms with Crippen molar-refractivity contribution < 1.29 is 35.5 Å². The van der Waals surface area contributed by atoms with Gasteiger partial charge in [-0.25, -0.2) is 4.39 Å². The second-order valence-electron chi connectivity index (χ2n) is 9.97. The van der Waals surface area contributed by atoms with Gasteiger partial charge in [-0.05, 0) is 49.9 Å². The summed E-state index contributed by atoms with van der Waals surface area (Å²) >= 11 is 0. The van der Waals surface area contributed by atoms with Crippen molar-refractivity contribution >= 4 is 5.91 Å².